The standard InChI is InChI=1S/C15H15N3O3/c19-14-8-16-12(7-17-14)15(20)18-6-10-5-11-3-1-2-4-13(11)21-9-10/h1-4,7-8,10H,5-6,9H2,(H,17,19)(H,18,20). The van der Waals surface area contributed by atoms with E-state index in [1.54, 1.807) is 0 Å². The molecule has 1 amide bonds. The predicted molar refractivity (Wildman–Crippen MR) is 76.3 cm³/mol. The molecule has 0 radical (unpaired) electrons. The number of nitrogens with one attached hydrogen (secondary N) is 2. The van der Waals surface area contributed by atoms with Crippen LogP contribution in [0.3, 0.4) is 0 Å². The second-order valence-corrected chi connectivity index (χ2v) is 5.00. The summed E-state index contributed by atoms with van der Waals surface area (Å²) < 4.78 is 5.68. The zero-order valence-corrected chi connectivity index (χ0v) is 11.3. The van der Waals surface area contributed by atoms with Crippen molar-refractivity contribution in [3.8, 4) is 5.75 Å². The van der Waals surface area contributed by atoms with Crippen molar-refractivity contribution in [1.29, 1.82) is 0 Å². The van der Waals surface area contributed by atoms with E-state index in [-0.39, 0.29) is 23.1 Å². The topological polar surface area (TPSA) is 84.1 Å². The van der Waals surface area contributed by atoms with Crippen LogP contribution in [0.2, 0.25) is 0 Å². The first kappa shape index (κ1) is 13.4. The van der Waals surface area contributed by atoms with Gasteiger partial charge in [-0.25, -0.2) is 4.98 Å². The lowest BCUT2D eigenvalue weighted by Crippen LogP contribution is -2.35. The SMILES string of the molecule is O=C(NCC1COc2ccccc2C1)c1c[nH]c(=O)cn1. The van der Waals surface area contributed by atoms with E-state index < -0.39 is 0 Å². The van der Waals surface area contributed by atoms with Crippen LogP contribution in [0.5, 0.6) is 5.75 Å². The van der Waals surface area contributed by atoms with Crippen LogP contribution in [-0.2, 0) is 6.42 Å². The fourth-order valence-electron chi connectivity index (χ4n) is 2.32. The molecule has 0 aliphatic carbocycles. The quantitative estimate of drug-likeness (QED) is 0.871. The number of H-pyrrole nitrogens is 1. The molecule has 2 N–H and O–H groups in total. The van der Waals surface area contributed by atoms with Crippen LogP contribution in [0.15, 0.2) is 41.5 Å². The molecule has 2 heterocycles. The zero-order valence-electron chi connectivity index (χ0n) is 11.3. The van der Waals surface area contributed by atoms with Crippen LogP contribution >= 0.6 is 0 Å². The van der Waals surface area contributed by atoms with Crippen molar-refractivity contribution in [2.75, 3.05) is 13.2 Å². The van der Waals surface area contributed by atoms with E-state index >= 15 is 0 Å². The number of ether oxygens (including phenoxy) is 1. The van der Waals surface area contributed by atoms with Gasteiger partial charge in [-0.3, -0.25) is 9.59 Å². The molecule has 1 aliphatic rings. The number of nitrogens with zero attached hydrogens (tertiary/aromatic N) is 1. The van der Waals surface area contributed by atoms with E-state index in [1.807, 2.05) is 24.3 Å². The van der Waals surface area contributed by atoms with Crippen molar-refractivity contribution in [3.05, 3.63) is 58.3 Å². The second kappa shape index (κ2) is 5.78. The molecule has 1 aromatic carbocycles. The molecule has 2 aromatic rings. The van der Waals surface area contributed by atoms with Gasteiger partial charge in [0.25, 0.3) is 11.5 Å². The van der Waals surface area contributed by atoms with E-state index in [9.17, 15) is 9.59 Å². The van der Waals surface area contributed by atoms with E-state index in [0.29, 0.717) is 13.2 Å². The molecule has 1 atom stereocenters. The third kappa shape index (κ3) is 3.10. The highest BCUT2D eigenvalue weighted by Crippen LogP contribution is 2.26. The number of hydrogen-bond donors (Lipinski definition) is 2. The minimum atomic E-state index is -0.330. The highest BCUT2D eigenvalue weighted by atomic mass is 16.5. The smallest absolute Gasteiger partial charge is 0.271 e. The van der Waals surface area contributed by atoms with Crippen LogP contribution in [0.1, 0.15) is 16.1 Å². The zero-order chi connectivity index (χ0) is 14.7. The first-order valence-electron chi connectivity index (χ1n) is 6.76. The molecule has 0 saturated heterocycles. The lowest BCUT2D eigenvalue weighted by molar-refractivity contribution is 0.0933. The molecule has 0 bridgehead atoms. The van der Waals surface area contributed by atoms with Crippen molar-refractivity contribution in [1.82, 2.24) is 15.3 Å². The number of aromatic nitrogens is 2. The average Bonchev–Trinajstić information content (AvgIpc) is 2.53. The number of fused-ring (bicyclic) bond motifs is 1. The van der Waals surface area contributed by atoms with Gasteiger partial charge in [-0.15, -0.1) is 0 Å². The van der Waals surface area contributed by atoms with Gasteiger partial charge in [0.15, 0.2) is 0 Å². The summed E-state index contributed by atoms with van der Waals surface area (Å²) in [6.07, 6.45) is 3.27. The molecular formula is C15H15N3O3. The summed E-state index contributed by atoms with van der Waals surface area (Å²) in [4.78, 5) is 29.0. The number of benzene rings is 1. The number of amides is 1. The van der Waals surface area contributed by atoms with Crippen LogP contribution in [-0.4, -0.2) is 29.0 Å². The summed E-state index contributed by atoms with van der Waals surface area (Å²) in [5.41, 5.74) is 1.03. The Morgan fingerprint density at radius 3 is 3.10 bits per heavy atom. The summed E-state index contributed by atoms with van der Waals surface area (Å²) in [6.45, 7) is 1.09. The van der Waals surface area contributed by atoms with E-state index in [0.717, 1.165) is 23.9 Å². The van der Waals surface area contributed by atoms with Crippen molar-refractivity contribution in [2.24, 2.45) is 5.92 Å². The lowest BCUT2D eigenvalue weighted by Gasteiger charge is -2.25. The Morgan fingerprint density at radius 2 is 2.29 bits per heavy atom. The van der Waals surface area contributed by atoms with Crippen LogP contribution in [0.4, 0.5) is 0 Å². The number of rotatable bonds is 3. The van der Waals surface area contributed by atoms with Gasteiger partial charge in [-0.1, -0.05) is 18.2 Å². The van der Waals surface area contributed by atoms with Gasteiger partial charge in [0, 0.05) is 18.7 Å². The van der Waals surface area contributed by atoms with Crippen LogP contribution in [0, 0.1) is 5.92 Å². The Hall–Kier alpha value is -2.63. The van der Waals surface area contributed by atoms with Gasteiger partial charge in [0.05, 0.1) is 12.8 Å². The molecule has 1 aliphatic heterocycles. The van der Waals surface area contributed by atoms with Gasteiger partial charge < -0.3 is 15.0 Å². The Morgan fingerprint density at radius 1 is 1.43 bits per heavy atom. The van der Waals surface area contributed by atoms with Crippen molar-refractivity contribution >= 4 is 5.91 Å². The summed E-state index contributed by atoms with van der Waals surface area (Å²) in [7, 11) is 0. The van der Waals surface area contributed by atoms with Crippen molar-refractivity contribution in [3.63, 3.8) is 0 Å². The molecular weight excluding hydrogens is 270 g/mol. The highest BCUT2D eigenvalue weighted by Gasteiger charge is 2.20. The molecule has 3 rings (SSSR count). The Bertz CT molecular complexity index is 691. The first-order chi connectivity index (χ1) is 10.2. The molecule has 0 saturated carbocycles. The molecule has 108 valence electrons. The molecule has 21 heavy (non-hydrogen) atoms. The molecule has 1 aromatic heterocycles. The number of aromatic amines is 1. The largest absolute Gasteiger partial charge is 0.493 e. The van der Waals surface area contributed by atoms with Gasteiger partial charge in [0.1, 0.15) is 11.4 Å². The van der Waals surface area contributed by atoms with Gasteiger partial charge in [-0.2, -0.15) is 0 Å². The molecule has 1 unspecified atom stereocenters. The predicted octanol–water partition coefficient (Wildman–Crippen LogP) is 0.751. The summed E-state index contributed by atoms with van der Waals surface area (Å²) >= 11 is 0. The molecule has 6 heteroatoms. The van der Waals surface area contributed by atoms with Crippen molar-refractivity contribution in [2.45, 2.75) is 6.42 Å². The number of para-hydroxylation sites is 1. The minimum absolute atomic E-state index is 0.201. The molecule has 0 spiro atoms. The van der Waals surface area contributed by atoms with E-state index in [1.165, 1.54) is 6.20 Å². The lowest BCUT2D eigenvalue weighted by atomic mass is 9.97. The fraction of sp³-hybridized carbons (Fsp3) is 0.267. The molecule has 6 nitrogen and oxygen atoms in total. The third-order valence-electron chi connectivity index (χ3n) is 3.41. The Balaban J connectivity index is 1.58. The Labute approximate surface area is 121 Å². The third-order valence-corrected chi connectivity index (χ3v) is 3.41. The fourth-order valence-corrected chi connectivity index (χ4v) is 2.32. The molecule has 0 fully saturated rings. The number of carbonyl (C=O) groups excluding carboxylic acids is 1. The Kier molecular flexibility index (Phi) is 3.68. The maximum absolute atomic E-state index is 11.9. The average molecular weight is 285 g/mol. The van der Waals surface area contributed by atoms with Crippen molar-refractivity contribution < 1.29 is 9.53 Å². The number of carbonyl (C=O) groups is 1. The van der Waals surface area contributed by atoms with Gasteiger partial charge in [0.2, 0.25) is 0 Å². The summed E-state index contributed by atoms with van der Waals surface area (Å²) in [5, 5.41) is 2.82. The summed E-state index contributed by atoms with van der Waals surface area (Å²) in [6, 6.07) is 7.91. The van der Waals surface area contributed by atoms with Gasteiger partial charge >= 0.3 is 0 Å². The monoisotopic (exact) mass is 285 g/mol. The second-order valence-electron chi connectivity index (χ2n) is 5.00. The maximum atomic E-state index is 11.9. The number of hydrogen-bond acceptors (Lipinski definition) is 4. The normalized spacial score (nSPS) is 16.7. The van der Waals surface area contributed by atoms with Gasteiger partial charge in [-0.05, 0) is 18.1 Å². The summed E-state index contributed by atoms with van der Waals surface area (Å²) in [5.74, 6) is 0.846. The first-order valence-corrected chi connectivity index (χ1v) is 6.76. The van der Waals surface area contributed by atoms with Crippen LogP contribution in [0.25, 0.3) is 0 Å². The minimum Gasteiger partial charge on any atom is -0.493 e. The maximum Gasteiger partial charge on any atom is 0.271 e. The van der Waals surface area contributed by atoms with E-state index in [4.69, 9.17) is 4.74 Å². The van der Waals surface area contributed by atoms with Crippen LogP contribution < -0.4 is 15.6 Å². The highest BCUT2D eigenvalue weighted by molar-refractivity contribution is 5.91. The van der Waals surface area contributed by atoms with E-state index in [2.05, 4.69) is 15.3 Å².